The van der Waals surface area contributed by atoms with Crippen LogP contribution in [0.25, 0.3) is 10.1 Å². The number of hydrogen-bond donors (Lipinski definition) is 1. The summed E-state index contributed by atoms with van der Waals surface area (Å²) < 4.78 is 5.46. The minimum absolute atomic E-state index is 0.0984. The molecule has 0 aliphatic heterocycles. The SMILES string of the molecule is Cc1nsc2cc(NC(=O)[C@@H]3C[C@H]3c3ccccc3)ccc12. The number of hydrogen-bond acceptors (Lipinski definition) is 3. The van der Waals surface area contributed by atoms with E-state index in [0.29, 0.717) is 5.92 Å². The first-order chi connectivity index (χ1) is 10.7. The Hall–Kier alpha value is -2.20. The average Bonchev–Trinajstić information content (AvgIpc) is 3.27. The van der Waals surface area contributed by atoms with Crippen LogP contribution in [0.2, 0.25) is 0 Å². The number of nitrogens with zero attached hydrogens (tertiary/aromatic N) is 1. The molecule has 0 radical (unpaired) electrons. The molecule has 1 N–H and O–H groups in total. The van der Waals surface area contributed by atoms with E-state index in [4.69, 9.17) is 0 Å². The molecule has 0 spiro atoms. The van der Waals surface area contributed by atoms with Crippen molar-refractivity contribution in [3.63, 3.8) is 0 Å². The van der Waals surface area contributed by atoms with Crippen LogP contribution in [0.15, 0.2) is 48.5 Å². The summed E-state index contributed by atoms with van der Waals surface area (Å²) in [6.07, 6.45) is 0.942. The highest BCUT2D eigenvalue weighted by Crippen LogP contribution is 2.47. The summed E-state index contributed by atoms with van der Waals surface area (Å²) in [7, 11) is 0. The van der Waals surface area contributed by atoms with Gasteiger partial charge < -0.3 is 5.32 Å². The highest BCUT2D eigenvalue weighted by atomic mass is 32.1. The molecule has 1 saturated carbocycles. The number of fused-ring (bicyclic) bond motifs is 1. The molecule has 2 atom stereocenters. The minimum atomic E-state index is 0.0984. The first kappa shape index (κ1) is 13.5. The summed E-state index contributed by atoms with van der Waals surface area (Å²) in [4.78, 5) is 12.4. The van der Waals surface area contributed by atoms with Crippen molar-refractivity contribution in [2.24, 2.45) is 5.92 Å². The summed E-state index contributed by atoms with van der Waals surface area (Å²) >= 11 is 1.48. The van der Waals surface area contributed by atoms with Gasteiger partial charge in [-0.1, -0.05) is 30.3 Å². The predicted octanol–water partition coefficient (Wildman–Crippen LogP) is 4.35. The molecule has 3 aromatic rings. The van der Waals surface area contributed by atoms with E-state index in [1.54, 1.807) is 0 Å². The largest absolute Gasteiger partial charge is 0.326 e. The number of amides is 1. The molecule has 1 aliphatic rings. The smallest absolute Gasteiger partial charge is 0.228 e. The molecular weight excluding hydrogens is 292 g/mol. The lowest BCUT2D eigenvalue weighted by Gasteiger charge is -2.05. The number of benzene rings is 2. The van der Waals surface area contributed by atoms with E-state index in [2.05, 4.69) is 21.8 Å². The van der Waals surface area contributed by atoms with Gasteiger partial charge in [-0.15, -0.1) is 0 Å². The molecule has 0 unspecified atom stereocenters. The summed E-state index contributed by atoms with van der Waals surface area (Å²) in [5, 5.41) is 4.21. The van der Waals surface area contributed by atoms with E-state index in [1.165, 1.54) is 17.1 Å². The van der Waals surface area contributed by atoms with Crippen molar-refractivity contribution in [2.75, 3.05) is 5.32 Å². The van der Waals surface area contributed by atoms with Crippen molar-refractivity contribution in [3.05, 3.63) is 59.8 Å². The summed E-state index contributed by atoms with van der Waals surface area (Å²) in [5.74, 6) is 0.589. The van der Waals surface area contributed by atoms with Gasteiger partial charge in [-0.3, -0.25) is 4.79 Å². The van der Waals surface area contributed by atoms with Crippen molar-refractivity contribution in [1.29, 1.82) is 0 Å². The fraction of sp³-hybridized carbons (Fsp3) is 0.222. The fourth-order valence-electron chi connectivity index (χ4n) is 2.93. The number of aromatic nitrogens is 1. The molecule has 0 bridgehead atoms. The zero-order valence-corrected chi connectivity index (χ0v) is 13.1. The highest BCUT2D eigenvalue weighted by molar-refractivity contribution is 7.13. The quantitative estimate of drug-likeness (QED) is 0.781. The van der Waals surface area contributed by atoms with E-state index in [0.717, 1.165) is 27.9 Å². The Morgan fingerprint density at radius 2 is 2.05 bits per heavy atom. The van der Waals surface area contributed by atoms with Gasteiger partial charge in [-0.05, 0) is 54.6 Å². The Kier molecular flexibility index (Phi) is 3.19. The number of anilines is 1. The molecule has 22 heavy (non-hydrogen) atoms. The second kappa shape index (κ2) is 5.21. The first-order valence-electron chi connectivity index (χ1n) is 7.44. The molecule has 0 saturated heterocycles. The van der Waals surface area contributed by atoms with Crippen molar-refractivity contribution in [1.82, 2.24) is 4.37 Å². The van der Waals surface area contributed by atoms with Crippen LogP contribution in [0.4, 0.5) is 5.69 Å². The predicted molar refractivity (Wildman–Crippen MR) is 90.3 cm³/mol. The lowest BCUT2D eigenvalue weighted by molar-refractivity contribution is -0.117. The van der Waals surface area contributed by atoms with Gasteiger partial charge in [0.2, 0.25) is 5.91 Å². The summed E-state index contributed by atoms with van der Waals surface area (Å²) in [6.45, 7) is 2.01. The van der Waals surface area contributed by atoms with E-state index in [1.807, 2.05) is 43.3 Å². The molecule has 2 aromatic carbocycles. The zero-order chi connectivity index (χ0) is 15.1. The molecule has 1 fully saturated rings. The van der Waals surface area contributed by atoms with Gasteiger partial charge in [-0.2, -0.15) is 4.37 Å². The van der Waals surface area contributed by atoms with Crippen LogP contribution < -0.4 is 5.32 Å². The second-order valence-corrected chi connectivity index (χ2v) is 6.63. The van der Waals surface area contributed by atoms with Gasteiger partial charge >= 0.3 is 0 Å². The molecular formula is C18H16N2OS. The minimum Gasteiger partial charge on any atom is -0.326 e. The van der Waals surface area contributed by atoms with Crippen LogP contribution >= 0.6 is 11.5 Å². The molecule has 1 heterocycles. The average molecular weight is 308 g/mol. The van der Waals surface area contributed by atoms with E-state index in [-0.39, 0.29) is 11.8 Å². The lowest BCUT2D eigenvalue weighted by atomic mass is 10.1. The van der Waals surface area contributed by atoms with E-state index in [9.17, 15) is 4.79 Å². The summed E-state index contributed by atoms with van der Waals surface area (Å²) in [6, 6.07) is 16.3. The number of carbonyl (C=O) groups excluding carboxylic acids is 1. The number of rotatable bonds is 3. The van der Waals surface area contributed by atoms with Crippen LogP contribution in [0, 0.1) is 12.8 Å². The van der Waals surface area contributed by atoms with Crippen molar-refractivity contribution >= 4 is 33.2 Å². The van der Waals surface area contributed by atoms with Crippen LogP contribution in [0.5, 0.6) is 0 Å². The van der Waals surface area contributed by atoms with Crippen LogP contribution in [0.3, 0.4) is 0 Å². The molecule has 3 nitrogen and oxygen atoms in total. The van der Waals surface area contributed by atoms with Crippen LogP contribution in [-0.4, -0.2) is 10.3 Å². The van der Waals surface area contributed by atoms with Crippen molar-refractivity contribution in [3.8, 4) is 0 Å². The standard InChI is InChI=1S/C18H16N2OS/c1-11-14-8-7-13(9-17(14)22-20-11)19-18(21)16-10-15(16)12-5-3-2-4-6-12/h2-9,15-16H,10H2,1H3,(H,19,21)/t15-,16+/m0/s1. The Morgan fingerprint density at radius 3 is 2.86 bits per heavy atom. The van der Waals surface area contributed by atoms with Gasteiger partial charge in [0, 0.05) is 17.0 Å². The van der Waals surface area contributed by atoms with Crippen LogP contribution in [0.1, 0.15) is 23.6 Å². The van der Waals surface area contributed by atoms with Crippen LogP contribution in [-0.2, 0) is 4.79 Å². The third-order valence-corrected chi connectivity index (χ3v) is 5.17. The van der Waals surface area contributed by atoms with Crippen molar-refractivity contribution < 1.29 is 4.79 Å². The monoisotopic (exact) mass is 308 g/mol. The van der Waals surface area contributed by atoms with Crippen molar-refractivity contribution in [2.45, 2.75) is 19.3 Å². The Morgan fingerprint density at radius 1 is 1.23 bits per heavy atom. The van der Waals surface area contributed by atoms with E-state index >= 15 is 0 Å². The highest BCUT2D eigenvalue weighted by Gasteiger charge is 2.43. The molecule has 110 valence electrons. The zero-order valence-electron chi connectivity index (χ0n) is 12.2. The fourth-order valence-corrected chi connectivity index (χ4v) is 3.76. The van der Waals surface area contributed by atoms with Gasteiger partial charge in [0.15, 0.2) is 0 Å². The normalized spacial score (nSPS) is 20.0. The maximum atomic E-state index is 12.4. The third kappa shape index (κ3) is 2.40. The summed E-state index contributed by atoms with van der Waals surface area (Å²) in [5.41, 5.74) is 3.17. The molecule has 1 amide bonds. The van der Waals surface area contributed by atoms with Gasteiger partial charge in [0.1, 0.15) is 0 Å². The first-order valence-corrected chi connectivity index (χ1v) is 8.21. The molecule has 1 aliphatic carbocycles. The Bertz CT molecular complexity index is 841. The molecule has 4 rings (SSSR count). The van der Waals surface area contributed by atoms with Gasteiger partial charge in [0.25, 0.3) is 0 Å². The maximum absolute atomic E-state index is 12.4. The third-order valence-electron chi connectivity index (χ3n) is 4.27. The Labute approximate surface area is 133 Å². The number of nitrogens with one attached hydrogen (secondary N) is 1. The topological polar surface area (TPSA) is 42.0 Å². The number of aryl methyl sites for hydroxylation is 1. The second-order valence-electron chi connectivity index (χ2n) is 5.83. The lowest BCUT2D eigenvalue weighted by Crippen LogP contribution is -2.14. The molecule has 4 heteroatoms. The van der Waals surface area contributed by atoms with E-state index < -0.39 is 0 Å². The molecule has 1 aromatic heterocycles. The van der Waals surface area contributed by atoms with Gasteiger partial charge in [0.05, 0.1) is 10.4 Å². The number of carbonyl (C=O) groups is 1. The Balaban J connectivity index is 1.48. The van der Waals surface area contributed by atoms with Gasteiger partial charge in [-0.25, -0.2) is 0 Å². The maximum Gasteiger partial charge on any atom is 0.228 e.